The van der Waals surface area contributed by atoms with Gasteiger partial charge in [-0.15, -0.1) is 0 Å². The van der Waals surface area contributed by atoms with Crippen LogP contribution in [0.4, 0.5) is 5.95 Å². The standard InChI is InChI=1S/C15H28N4/c1-7-12(4)10-19(6)15-17-9-14(13(5)18-15)8-16-11(2)3/h9,11-12,16H,7-8,10H2,1-6H3. The smallest absolute Gasteiger partial charge is 0.225 e. The van der Waals surface area contributed by atoms with Crippen molar-refractivity contribution in [2.75, 3.05) is 18.5 Å². The Labute approximate surface area is 117 Å². The third-order valence-electron chi connectivity index (χ3n) is 3.39. The number of aromatic nitrogens is 2. The van der Waals surface area contributed by atoms with E-state index >= 15 is 0 Å². The van der Waals surface area contributed by atoms with E-state index in [0.717, 1.165) is 24.7 Å². The van der Waals surface area contributed by atoms with Crippen LogP contribution in [0.3, 0.4) is 0 Å². The molecule has 1 atom stereocenters. The minimum Gasteiger partial charge on any atom is -0.344 e. The van der Waals surface area contributed by atoms with Crippen molar-refractivity contribution >= 4 is 5.95 Å². The summed E-state index contributed by atoms with van der Waals surface area (Å²) in [5.41, 5.74) is 2.24. The van der Waals surface area contributed by atoms with Gasteiger partial charge in [0.25, 0.3) is 0 Å². The average molecular weight is 264 g/mol. The molecule has 1 aromatic rings. The van der Waals surface area contributed by atoms with Crippen LogP contribution in [-0.4, -0.2) is 29.6 Å². The first kappa shape index (κ1) is 15.9. The van der Waals surface area contributed by atoms with E-state index in [-0.39, 0.29) is 0 Å². The summed E-state index contributed by atoms with van der Waals surface area (Å²) in [5.74, 6) is 1.49. The number of anilines is 1. The van der Waals surface area contributed by atoms with Crippen molar-refractivity contribution in [3.8, 4) is 0 Å². The van der Waals surface area contributed by atoms with Crippen LogP contribution in [-0.2, 0) is 6.54 Å². The molecule has 1 N–H and O–H groups in total. The van der Waals surface area contributed by atoms with Crippen LogP contribution < -0.4 is 10.2 Å². The second-order valence-corrected chi connectivity index (χ2v) is 5.71. The zero-order valence-corrected chi connectivity index (χ0v) is 13.2. The molecule has 19 heavy (non-hydrogen) atoms. The van der Waals surface area contributed by atoms with E-state index in [2.05, 4.69) is 61.9 Å². The summed E-state index contributed by atoms with van der Waals surface area (Å²) >= 11 is 0. The second kappa shape index (κ2) is 7.43. The first-order valence-electron chi connectivity index (χ1n) is 7.21. The van der Waals surface area contributed by atoms with Crippen molar-refractivity contribution in [2.45, 2.75) is 53.6 Å². The molecule has 0 aliphatic rings. The molecule has 0 aliphatic heterocycles. The van der Waals surface area contributed by atoms with Crippen molar-refractivity contribution in [3.05, 3.63) is 17.5 Å². The monoisotopic (exact) mass is 264 g/mol. The Kier molecular flexibility index (Phi) is 6.22. The molecule has 0 amide bonds. The summed E-state index contributed by atoms with van der Waals surface area (Å²) in [6, 6.07) is 0.479. The molecule has 1 aromatic heterocycles. The van der Waals surface area contributed by atoms with Crippen LogP contribution in [0.5, 0.6) is 0 Å². The highest BCUT2D eigenvalue weighted by Gasteiger charge is 2.10. The molecule has 1 rings (SSSR count). The van der Waals surface area contributed by atoms with Crippen LogP contribution in [0.1, 0.15) is 45.4 Å². The zero-order valence-electron chi connectivity index (χ0n) is 13.2. The number of hydrogen-bond donors (Lipinski definition) is 1. The summed E-state index contributed by atoms with van der Waals surface area (Å²) in [6.07, 6.45) is 3.12. The molecule has 0 radical (unpaired) electrons. The minimum atomic E-state index is 0.479. The second-order valence-electron chi connectivity index (χ2n) is 5.71. The molecule has 0 fully saturated rings. The predicted octanol–water partition coefficient (Wildman–Crippen LogP) is 2.77. The summed E-state index contributed by atoms with van der Waals surface area (Å²) in [4.78, 5) is 11.2. The van der Waals surface area contributed by atoms with Gasteiger partial charge in [0.05, 0.1) is 0 Å². The van der Waals surface area contributed by atoms with Crippen LogP contribution in [0.2, 0.25) is 0 Å². The van der Waals surface area contributed by atoms with Crippen LogP contribution >= 0.6 is 0 Å². The Morgan fingerprint density at radius 2 is 2.00 bits per heavy atom. The van der Waals surface area contributed by atoms with Crippen molar-refractivity contribution < 1.29 is 0 Å². The van der Waals surface area contributed by atoms with E-state index in [4.69, 9.17) is 0 Å². The molecule has 0 saturated heterocycles. The number of nitrogens with zero attached hydrogens (tertiary/aromatic N) is 3. The lowest BCUT2D eigenvalue weighted by atomic mass is 10.1. The maximum atomic E-state index is 4.61. The summed E-state index contributed by atoms with van der Waals surface area (Å²) in [5, 5.41) is 3.40. The SMILES string of the molecule is CCC(C)CN(C)c1ncc(CNC(C)C)c(C)n1. The van der Waals surface area contributed by atoms with Gasteiger partial charge in [-0.1, -0.05) is 34.1 Å². The fourth-order valence-corrected chi connectivity index (χ4v) is 1.83. The van der Waals surface area contributed by atoms with Crippen LogP contribution in [0.25, 0.3) is 0 Å². The lowest BCUT2D eigenvalue weighted by molar-refractivity contribution is 0.553. The van der Waals surface area contributed by atoms with E-state index in [0.29, 0.717) is 12.0 Å². The van der Waals surface area contributed by atoms with Gasteiger partial charge in [-0.2, -0.15) is 0 Å². The fraction of sp³-hybridized carbons (Fsp3) is 0.733. The van der Waals surface area contributed by atoms with Gasteiger partial charge < -0.3 is 10.2 Å². The highest BCUT2D eigenvalue weighted by molar-refractivity contribution is 5.31. The molecule has 0 spiro atoms. The van der Waals surface area contributed by atoms with Gasteiger partial charge in [0.1, 0.15) is 0 Å². The van der Waals surface area contributed by atoms with Gasteiger partial charge in [0.2, 0.25) is 5.95 Å². The van der Waals surface area contributed by atoms with E-state index in [1.54, 1.807) is 0 Å². The topological polar surface area (TPSA) is 41.1 Å². The maximum absolute atomic E-state index is 4.61. The number of hydrogen-bond acceptors (Lipinski definition) is 4. The quantitative estimate of drug-likeness (QED) is 0.822. The van der Waals surface area contributed by atoms with Gasteiger partial charge in [-0.05, 0) is 12.8 Å². The third-order valence-corrected chi connectivity index (χ3v) is 3.39. The lowest BCUT2D eigenvalue weighted by Crippen LogP contribution is -2.26. The van der Waals surface area contributed by atoms with E-state index < -0.39 is 0 Å². The molecule has 4 nitrogen and oxygen atoms in total. The Bertz CT molecular complexity index is 390. The molecule has 0 saturated carbocycles. The van der Waals surface area contributed by atoms with Crippen molar-refractivity contribution in [2.24, 2.45) is 5.92 Å². The van der Waals surface area contributed by atoms with Crippen molar-refractivity contribution in [1.82, 2.24) is 15.3 Å². The molecule has 108 valence electrons. The Morgan fingerprint density at radius 1 is 1.32 bits per heavy atom. The highest BCUT2D eigenvalue weighted by atomic mass is 15.2. The minimum absolute atomic E-state index is 0.479. The number of aryl methyl sites for hydroxylation is 1. The van der Waals surface area contributed by atoms with E-state index in [9.17, 15) is 0 Å². The molecule has 0 bridgehead atoms. The number of nitrogens with one attached hydrogen (secondary N) is 1. The highest BCUT2D eigenvalue weighted by Crippen LogP contribution is 2.12. The molecule has 1 unspecified atom stereocenters. The Hall–Kier alpha value is -1.16. The zero-order chi connectivity index (χ0) is 14.4. The molecule has 0 aromatic carbocycles. The molecular weight excluding hydrogens is 236 g/mol. The molecular formula is C15H28N4. The maximum Gasteiger partial charge on any atom is 0.225 e. The predicted molar refractivity (Wildman–Crippen MR) is 81.5 cm³/mol. The normalized spacial score (nSPS) is 12.8. The molecule has 1 heterocycles. The van der Waals surface area contributed by atoms with Gasteiger partial charge in [-0.3, -0.25) is 0 Å². The summed E-state index contributed by atoms with van der Waals surface area (Å²) in [6.45, 7) is 12.6. The van der Waals surface area contributed by atoms with Crippen molar-refractivity contribution in [1.29, 1.82) is 0 Å². The van der Waals surface area contributed by atoms with E-state index in [1.165, 1.54) is 12.0 Å². The van der Waals surface area contributed by atoms with Gasteiger partial charge >= 0.3 is 0 Å². The first-order chi connectivity index (χ1) is 8.93. The van der Waals surface area contributed by atoms with Crippen molar-refractivity contribution in [3.63, 3.8) is 0 Å². The largest absolute Gasteiger partial charge is 0.344 e. The number of rotatable bonds is 7. The average Bonchev–Trinajstić information content (AvgIpc) is 2.36. The van der Waals surface area contributed by atoms with Crippen LogP contribution in [0.15, 0.2) is 6.20 Å². The van der Waals surface area contributed by atoms with E-state index in [1.807, 2.05) is 6.20 Å². The summed E-state index contributed by atoms with van der Waals surface area (Å²) < 4.78 is 0. The van der Waals surface area contributed by atoms with Gasteiger partial charge in [0.15, 0.2) is 0 Å². The molecule has 4 heteroatoms. The van der Waals surface area contributed by atoms with Crippen LogP contribution in [0, 0.1) is 12.8 Å². The third kappa shape index (κ3) is 5.15. The molecule has 0 aliphatic carbocycles. The Balaban J connectivity index is 2.70. The fourth-order valence-electron chi connectivity index (χ4n) is 1.83. The lowest BCUT2D eigenvalue weighted by Gasteiger charge is -2.21. The first-order valence-corrected chi connectivity index (χ1v) is 7.21. The Morgan fingerprint density at radius 3 is 2.53 bits per heavy atom. The van der Waals surface area contributed by atoms with Gasteiger partial charge in [-0.25, -0.2) is 9.97 Å². The van der Waals surface area contributed by atoms with Gasteiger partial charge in [0, 0.05) is 43.6 Å². The summed E-state index contributed by atoms with van der Waals surface area (Å²) in [7, 11) is 2.06.